The van der Waals surface area contributed by atoms with Crippen molar-refractivity contribution in [1.29, 1.82) is 0 Å². The summed E-state index contributed by atoms with van der Waals surface area (Å²) in [5, 5.41) is 5.53. The fourth-order valence-corrected chi connectivity index (χ4v) is 1.37. The molecule has 0 aliphatic carbocycles. The van der Waals surface area contributed by atoms with Crippen LogP contribution in [0.1, 0.15) is 20.3 Å². The Morgan fingerprint density at radius 2 is 2.31 bits per heavy atom. The Hall–Kier alpha value is -0.770. The van der Waals surface area contributed by atoms with E-state index in [1.54, 1.807) is 0 Å². The topological polar surface area (TPSA) is 50.4 Å². The molecule has 4 heteroatoms. The first-order chi connectivity index (χ1) is 6.16. The van der Waals surface area contributed by atoms with Crippen molar-refractivity contribution < 1.29 is 9.53 Å². The lowest BCUT2D eigenvalue weighted by atomic mass is 9.90. The molecular weight excluding hydrogens is 168 g/mol. The van der Waals surface area contributed by atoms with Gasteiger partial charge in [0.1, 0.15) is 0 Å². The molecule has 1 heterocycles. The molecule has 2 N–H and O–H groups in total. The fraction of sp³-hybridized carbons (Fsp3) is 0.889. The predicted molar refractivity (Wildman–Crippen MR) is 50.6 cm³/mol. The zero-order chi connectivity index (χ0) is 9.73. The number of hydrogen-bond acceptors (Lipinski definition) is 2. The Labute approximate surface area is 79.0 Å². The molecule has 1 saturated heterocycles. The maximum Gasteiger partial charge on any atom is 0.314 e. The quantitative estimate of drug-likeness (QED) is 0.682. The van der Waals surface area contributed by atoms with E-state index in [9.17, 15) is 4.79 Å². The average molecular weight is 186 g/mol. The molecule has 76 valence electrons. The lowest BCUT2D eigenvalue weighted by Crippen LogP contribution is -2.41. The highest BCUT2D eigenvalue weighted by molar-refractivity contribution is 5.73. The highest BCUT2D eigenvalue weighted by Gasteiger charge is 2.29. The van der Waals surface area contributed by atoms with Crippen molar-refractivity contribution in [3.8, 4) is 0 Å². The summed E-state index contributed by atoms with van der Waals surface area (Å²) < 4.78 is 5.28. The summed E-state index contributed by atoms with van der Waals surface area (Å²) in [7, 11) is 0. The average Bonchev–Trinajstić information content (AvgIpc) is 2.51. The summed E-state index contributed by atoms with van der Waals surface area (Å²) in [5.41, 5.74) is 0.130. The fourth-order valence-electron chi connectivity index (χ4n) is 1.37. The van der Waals surface area contributed by atoms with Gasteiger partial charge < -0.3 is 15.4 Å². The Kier molecular flexibility index (Phi) is 3.54. The Balaban J connectivity index is 2.21. The summed E-state index contributed by atoms with van der Waals surface area (Å²) in [6.07, 6.45) is 1.03. The van der Waals surface area contributed by atoms with Crippen molar-refractivity contribution in [3.63, 3.8) is 0 Å². The smallest absolute Gasteiger partial charge is 0.314 e. The van der Waals surface area contributed by atoms with E-state index in [0.29, 0.717) is 13.1 Å². The zero-order valence-electron chi connectivity index (χ0n) is 8.35. The molecule has 1 aliphatic rings. The number of amides is 2. The predicted octanol–water partition coefficient (Wildman–Crippen LogP) is 0.732. The van der Waals surface area contributed by atoms with Crippen molar-refractivity contribution in [3.05, 3.63) is 0 Å². The van der Waals surface area contributed by atoms with Gasteiger partial charge in [0, 0.05) is 25.1 Å². The van der Waals surface area contributed by atoms with Gasteiger partial charge in [0.15, 0.2) is 0 Å². The molecule has 1 rings (SSSR count). The van der Waals surface area contributed by atoms with Crippen molar-refractivity contribution >= 4 is 6.03 Å². The van der Waals surface area contributed by atoms with Gasteiger partial charge in [-0.05, 0) is 13.3 Å². The monoisotopic (exact) mass is 186 g/mol. The van der Waals surface area contributed by atoms with Crippen molar-refractivity contribution in [2.75, 3.05) is 26.3 Å². The first-order valence-electron chi connectivity index (χ1n) is 4.76. The third-order valence-electron chi connectivity index (χ3n) is 2.31. The molecule has 1 fully saturated rings. The maximum atomic E-state index is 11.1. The summed E-state index contributed by atoms with van der Waals surface area (Å²) in [5.74, 6) is 0. The molecule has 1 aliphatic heterocycles. The van der Waals surface area contributed by atoms with Gasteiger partial charge in [0.2, 0.25) is 0 Å². The molecule has 1 unspecified atom stereocenters. The summed E-state index contributed by atoms with van der Waals surface area (Å²) in [6, 6.07) is -0.0874. The van der Waals surface area contributed by atoms with Crippen LogP contribution >= 0.6 is 0 Å². The Bertz CT molecular complexity index is 176. The standard InChI is InChI=1S/C9H18N2O2/c1-3-10-8(12)11-6-9(2)4-5-13-7-9/h3-7H2,1-2H3,(H2,10,11,12). The molecule has 2 amide bonds. The lowest BCUT2D eigenvalue weighted by Gasteiger charge is -2.21. The number of urea groups is 1. The molecule has 0 aromatic carbocycles. The summed E-state index contributed by atoms with van der Waals surface area (Å²) >= 11 is 0. The van der Waals surface area contributed by atoms with Gasteiger partial charge in [-0.3, -0.25) is 0 Å². The number of ether oxygens (including phenoxy) is 1. The van der Waals surface area contributed by atoms with E-state index in [4.69, 9.17) is 4.74 Å². The molecule has 13 heavy (non-hydrogen) atoms. The molecule has 1 atom stereocenters. The molecule has 0 bridgehead atoms. The second kappa shape index (κ2) is 4.46. The van der Waals surface area contributed by atoms with Crippen LogP contribution in [0.3, 0.4) is 0 Å². The minimum absolute atomic E-state index is 0.0874. The van der Waals surface area contributed by atoms with Gasteiger partial charge in [0.25, 0.3) is 0 Å². The second-order valence-corrected chi connectivity index (χ2v) is 3.83. The molecule has 0 spiro atoms. The van der Waals surface area contributed by atoms with Gasteiger partial charge >= 0.3 is 6.03 Å². The van der Waals surface area contributed by atoms with E-state index in [1.165, 1.54) is 0 Å². The van der Waals surface area contributed by atoms with E-state index < -0.39 is 0 Å². The van der Waals surface area contributed by atoms with Gasteiger partial charge in [0.05, 0.1) is 6.61 Å². The number of carbonyl (C=O) groups is 1. The minimum Gasteiger partial charge on any atom is -0.381 e. The maximum absolute atomic E-state index is 11.1. The molecule has 4 nitrogen and oxygen atoms in total. The van der Waals surface area contributed by atoms with Crippen LogP contribution in [0.4, 0.5) is 4.79 Å². The van der Waals surface area contributed by atoms with Crippen LogP contribution in [-0.2, 0) is 4.74 Å². The number of carbonyl (C=O) groups excluding carboxylic acids is 1. The van der Waals surface area contributed by atoms with Crippen molar-refractivity contribution in [2.24, 2.45) is 5.41 Å². The lowest BCUT2D eigenvalue weighted by molar-refractivity contribution is 0.158. The minimum atomic E-state index is -0.0874. The third-order valence-corrected chi connectivity index (χ3v) is 2.31. The van der Waals surface area contributed by atoms with Crippen LogP contribution in [0.15, 0.2) is 0 Å². The third kappa shape index (κ3) is 3.22. The number of rotatable bonds is 3. The molecule has 0 radical (unpaired) electrons. The van der Waals surface area contributed by atoms with Crippen molar-refractivity contribution in [2.45, 2.75) is 20.3 Å². The summed E-state index contributed by atoms with van der Waals surface area (Å²) in [4.78, 5) is 11.1. The van der Waals surface area contributed by atoms with Crippen LogP contribution in [0.25, 0.3) is 0 Å². The van der Waals surface area contributed by atoms with E-state index in [1.807, 2.05) is 6.92 Å². The van der Waals surface area contributed by atoms with E-state index in [2.05, 4.69) is 17.6 Å². The first kappa shape index (κ1) is 10.3. The van der Waals surface area contributed by atoms with Gasteiger partial charge in [-0.15, -0.1) is 0 Å². The van der Waals surface area contributed by atoms with Gasteiger partial charge in [-0.25, -0.2) is 4.79 Å². The molecule has 0 aromatic rings. The highest BCUT2D eigenvalue weighted by Crippen LogP contribution is 2.26. The van der Waals surface area contributed by atoms with Crippen LogP contribution in [0.2, 0.25) is 0 Å². The van der Waals surface area contributed by atoms with Crippen LogP contribution in [0, 0.1) is 5.41 Å². The van der Waals surface area contributed by atoms with Crippen LogP contribution in [0.5, 0.6) is 0 Å². The van der Waals surface area contributed by atoms with E-state index >= 15 is 0 Å². The first-order valence-corrected chi connectivity index (χ1v) is 4.76. The molecule has 0 saturated carbocycles. The van der Waals surface area contributed by atoms with Crippen LogP contribution in [-0.4, -0.2) is 32.3 Å². The van der Waals surface area contributed by atoms with Gasteiger partial charge in [-0.1, -0.05) is 6.92 Å². The molecule has 0 aromatic heterocycles. The Morgan fingerprint density at radius 3 is 2.85 bits per heavy atom. The van der Waals surface area contributed by atoms with E-state index in [-0.39, 0.29) is 11.4 Å². The van der Waals surface area contributed by atoms with Crippen molar-refractivity contribution in [1.82, 2.24) is 10.6 Å². The SMILES string of the molecule is CCNC(=O)NCC1(C)CCOC1. The van der Waals surface area contributed by atoms with Crippen LogP contribution < -0.4 is 10.6 Å². The molecular formula is C9H18N2O2. The highest BCUT2D eigenvalue weighted by atomic mass is 16.5. The second-order valence-electron chi connectivity index (χ2n) is 3.83. The van der Waals surface area contributed by atoms with Gasteiger partial charge in [-0.2, -0.15) is 0 Å². The summed E-state index contributed by atoms with van der Waals surface area (Å²) in [6.45, 7) is 6.96. The Morgan fingerprint density at radius 1 is 1.54 bits per heavy atom. The number of hydrogen-bond donors (Lipinski definition) is 2. The largest absolute Gasteiger partial charge is 0.381 e. The van der Waals surface area contributed by atoms with E-state index in [0.717, 1.165) is 19.6 Å². The number of nitrogens with one attached hydrogen (secondary N) is 2. The zero-order valence-corrected chi connectivity index (χ0v) is 8.35. The normalized spacial score (nSPS) is 27.2.